The molecular weight excluding hydrogens is 146 g/mol. The van der Waals surface area contributed by atoms with Crippen LogP contribution in [0.4, 0.5) is 0 Å². The molecule has 0 amide bonds. The molecule has 0 bridgehead atoms. The Morgan fingerprint density at radius 3 is 2.75 bits per heavy atom. The molecule has 0 spiro atoms. The van der Waals surface area contributed by atoms with Gasteiger partial charge in [-0.15, -0.1) is 0 Å². The lowest BCUT2D eigenvalue weighted by molar-refractivity contribution is 0.782. The summed E-state index contributed by atoms with van der Waals surface area (Å²) < 4.78 is 0. The number of aromatic nitrogens is 1. The fourth-order valence-corrected chi connectivity index (χ4v) is 1.45. The molecule has 0 aliphatic carbocycles. The number of hydrogen-bond acceptors (Lipinski definition) is 1. The summed E-state index contributed by atoms with van der Waals surface area (Å²) in [6.07, 6.45) is 4.24. The fraction of sp³-hybridized carbons (Fsp3) is 0.545. The van der Waals surface area contributed by atoms with Crippen LogP contribution >= 0.6 is 0 Å². The van der Waals surface area contributed by atoms with Gasteiger partial charge in [0.15, 0.2) is 0 Å². The molecule has 1 aromatic heterocycles. The monoisotopic (exact) mass is 163 g/mol. The highest BCUT2D eigenvalue weighted by Gasteiger charge is 2.05. The second-order valence-corrected chi connectivity index (χ2v) is 3.45. The molecule has 0 aromatic carbocycles. The maximum Gasteiger partial charge on any atom is 0.0460 e. The third-order valence-corrected chi connectivity index (χ3v) is 1.99. The summed E-state index contributed by atoms with van der Waals surface area (Å²) in [6, 6.07) is 4.21. The Morgan fingerprint density at radius 1 is 1.42 bits per heavy atom. The van der Waals surface area contributed by atoms with Crippen molar-refractivity contribution in [1.82, 2.24) is 4.98 Å². The van der Waals surface area contributed by atoms with E-state index in [4.69, 9.17) is 0 Å². The molecule has 0 aliphatic rings. The molecule has 0 aliphatic heterocycles. The van der Waals surface area contributed by atoms with E-state index in [2.05, 4.69) is 31.8 Å². The molecule has 0 atom stereocenters. The first kappa shape index (κ1) is 9.24. The molecule has 0 N–H and O–H groups in total. The summed E-state index contributed by atoms with van der Waals surface area (Å²) in [5.74, 6) is 0.549. The first-order valence-corrected chi connectivity index (χ1v) is 4.69. The van der Waals surface area contributed by atoms with E-state index in [1.807, 2.05) is 12.3 Å². The highest BCUT2D eigenvalue weighted by molar-refractivity contribution is 5.22. The van der Waals surface area contributed by atoms with Crippen LogP contribution in [0.25, 0.3) is 0 Å². The van der Waals surface area contributed by atoms with Gasteiger partial charge in [-0.05, 0) is 24.0 Å². The lowest BCUT2D eigenvalue weighted by Gasteiger charge is -2.09. The Bertz CT molecular complexity index is 241. The summed E-state index contributed by atoms with van der Waals surface area (Å²) in [4.78, 5) is 4.40. The number of hydrogen-bond donors (Lipinski definition) is 0. The van der Waals surface area contributed by atoms with Gasteiger partial charge in [-0.1, -0.05) is 33.3 Å². The van der Waals surface area contributed by atoms with Gasteiger partial charge in [-0.2, -0.15) is 0 Å². The van der Waals surface area contributed by atoms with Gasteiger partial charge < -0.3 is 0 Å². The molecule has 0 saturated carbocycles. The molecule has 1 heterocycles. The highest BCUT2D eigenvalue weighted by atomic mass is 14.7. The molecule has 0 saturated heterocycles. The van der Waals surface area contributed by atoms with E-state index >= 15 is 0 Å². The quantitative estimate of drug-likeness (QED) is 0.667. The van der Waals surface area contributed by atoms with Crippen LogP contribution in [0.15, 0.2) is 18.3 Å². The third-order valence-electron chi connectivity index (χ3n) is 1.99. The van der Waals surface area contributed by atoms with Crippen molar-refractivity contribution in [2.45, 2.75) is 39.5 Å². The summed E-state index contributed by atoms with van der Waals surface area (Å²) >= 11 is 0. The summed E-state index contributed by atoms with van der Waals surface area (Å²) in [7, 11) is 0. The van der Waals surface area contributed by atoms with Crippen molar-refractivity contribution in [3.05, 3.63) is 29.6 Å². The van der Waals surface area contributed by atoms with E-state index in [1.54, 1.807) is 0 Å². The minimum atomic E-state index is 0.549. The van der Waals surface area contributed by atoms with Crippen molar-refractivity contribution in [1.29, 1.82) is 0 Å². The molecule has 1 aromatic rings. The molecule has 1 heteroatoms. The van der Waals surface area contributed by atoms with Crippen LogP contribution in [0.1, 0.15) is 44.4 Å². The summed E-state index contributed by atoms with van der Waals surface area (Å²) in [5.41, 5.74) is 2.68. The van der Waals surface area contributed by atoms with Crippen LogP contribution in [0, 0.1) is 0 Å². The van der Waals surface area contributed by atoms with Crippen molar-refractivity contribution in [3.8, 4) is 0 Å². The van der Waals surface area contributed by atoms with E-state index in [0.29, 0.717) is 5.92 Å². The van der Waals surface area contributed by atoms with E-state index in [9.17, 15) is 0 Å². The van der Waals surface area contributed by atoms with Gasteiger partial charge in [-0.3, -0.25) is 4.98 Å². The van der Waals surface area contributed by atoms with Gasteiger partial charge in [0.05, 0.1) is 0 Å². The summed E-state index contributed by atoms with van der Waals surface area (Å²) in [6.45, 7) is 6.60. The van der Waals surface area contributed by atoms with Crippen LogP contribution < -0.4 is 0 Å². The average Bonchev–Trinajstić information content (AvgIpc) is 2.05. The topological polar surface area (TPSA) is 12.9 Å². The predicted octanol–water partition coefficient (Wildman–Crippen LogP) is 3.16. The van der Waals surface area contributed by atoms with Crippen LogP contribution in [-0.4, -0.2) is 4.98 Å². The highest BCUT2D eigenvalue weighted by Crippen LogP contribution is 2.17. The first-order valence-electron chi connectivity index (χ1n) is 4.69. The van der Waals surface area contributed by atoms with E-state index in [-0.39, 0.29) is 0 Å². The summed E-state index contributed by atoms with van der Waals surface area (Å²) in [5, 5.41) is 0. The van der Waals surface area contributed by atoms with Gasteiger partial charge in [0.2, 0.25) is 0 Å². The predicted molar refractivity (Wildman–Crippen MR) is 52.3 cm³/mol. The lowest BCUT2D eigenvalue weighted by Crippen LogP contribution is -1.98. The molecule has 0 fully saturated rings. The maximum atomic E-state index is 4.40. The Labute approximate surface area is 74.8 Å². The Balaban J connectivity index is 2.92. The van der Waals surface area contributed by atoms with E-state index < -0.39 is 0 Å². The van der Waals surface area contributed by atoms with Gasteiger partial charge in [0, 0.05) is 11.9 Å². The number of aryl methyl sites for hydroxylation is 1. The zero-order valence-electron chi connectivity index (χ0n) is 8.17. The van der Waals surface area contributed by atoms with Crippen molar-refractivity contribution in [3.63, 3.8) is 0 Å². The van der Waals surface area contributed by atoms with Crippen LogP contribution in [0.2, 0.25) is 0 Å². The number of rotatable bonds is 3. The Morgan fingerprint density at radius 2 is 2.17 bits per heavy atom. The third kappa shape index (κ3) is 2.07. The average molecular weight is 163 g/mol. The van der Waals surface area contributed by atoms with Crippen LogP contribution in [0.3, 0.4) is 0 Å². The number of pyridine rings is 1. The van der Waals surface area contributed by atoms with Crippen LogP contribution in [-0.2, 0) is 6.42 Å². The molecule has 1 rings (SSSR count). The minimum Gasteiger partial charge on any atom is -0.261 e. The standard InChI is InChI=1S/C11H17N/c1-4-6-10-7-5-8-12-11(10)9(2)3/h5,7-9H,4,6H2,1-3H3. The molecule has 0 unspecified atom stereocenters. The largest absolute Gasteiger partial charge is 0.261 e. The molecular formula is C11H17N. The molecule has 1 nitrogen and oxygen atoms in total. The second-order valence-electron chi connectivity index (χ2n) is 3.45. The fourth-order valence-electron chi connectivity index (χ4n) is 1.45. The number of nitrogens with zero attached hydrogens (tertiary/aromatic N) is 1. The van der Waals surface area contributed by atoms with E-state index in [0.717, 1.165) is 6.42 Å². The zero-order chi connectivity index (χ0) is 8.97. The molecule has 66 valence electrons. The lowest BCUT2D eigenvalue weighted by atomic mass is 10.0. The zero-order valence-corrected chi connectivity index (χ0v) is 8.17. The van der Waals surface area contributed by atoms with Crippen molar-refractivity contribution >= 4 is 0 Å². The Kier molecular flexibility index (Phi) is 3.27. The van der Waals surface area contributed by atoms with Crippen molar-refractivity contribution in [2.75, 3.05) is 0 Å². The Hall–Kier alpha value is -0.850. The van der Waals surface area contributed by atoms with Gasteiger partial charge in [0.25, 0.3) is 0 Å². The first-order chi connectivity index (χ1) is 5.75. The SMILES string of the molecule is CCCc1cccnc1C(C)C. The minimum absolute atomic E-state index is 0.549. The molecule has 12 heavy (non-hydrogen) atoms. The van der Waals surface area contributed by atoms with E-state index in [1.165, 1.54) is 17.7 Å². The van der Waals surface area contributed by atoms with Crippen molar-refractivity contribution in [2.24, 2.45) is 0 Å². The smallest absolute Gasteiger partial charge is 0.0460 e. The van der Waals surface area contributed by atoms with Gasteiger partial charge >= 0.3 is 0 Å². The van der Waals surface area contributed by atoms with Crippen molar-refractivity contribution < 1.29 is 0 Å². The second kappa shape index (κ2) is 4.24. The normalized spacial score (nSPS) is 10.7. The van der Waals surface area contributed by atoms with Gasteiger partial charge in [0.1, 0.15) is 0 Å². The van der Waals surface area contributed by atoms with Gasteiger partial charge in [-0.25, -0.2) is 0 Å². The van der Waals surface area contributed by atoms with Crippen LogP contribution in [0.5, 0.6) is 0 Å². The molecule has 0 radical (unpaired) electrons. The maximum absolute atomic E-state index is 4.40.